The van der Waals surface area contributed by atoms with Gasteiger partial charge in [0.15, 0.2) is 0 Å². The number of rotatable bonds is 3. The molecule has 108 valence electrons. The van der Waals surface area contributed by atoms with E-state index in [9.17, 15) is 9.18 Å². The zero-order valence-electron chi connectivity index (χ0n) is 11.8. The molecule has 1 N–H and O–H groups in total. The average Bonchev–Trinajstić information content (AvgIpc) is 2.99. The van der Waals surface area contributed by atoms with E-state index in [4.69, 9.17) is 0 Å². The third-order valence-electron chi connectivity index (χ3n) is 4.30. The number of anilines is 1. The topological polar surface area (TPSA) is 29.1 Å². The van der Waals surface area contributed by atoms with Crippen LogP contribution in [0.1, 0.15) is 31.2 Å². The maximum atomic E-state index is 13.5. The number of carbonyl (C=O) groups excluding carboxylic acids is 1. The minimum Gasteiger partial charge on any atom is -0.325 e. The first-order chi connectivity index (χ1) is 10.2. The van der Waals surface area contributed by atoms with Crippen LogP contribution in [0.4, 0.5) is 10.1 Å². The van der Waals surface area contributed by atoms with E-state index in [2.05, 4.69) is 5.32 Å². The highest BCUT2D eigenvalue weighted by atomic mass is 19.1. The van der Waals surface area contributed by atoms with Gasteiger partial charge in [-0.05, 0) is 42.7 Å². The fourth-order valence-electron chi connectivity index (χ4n) is 3.18. The van der Waals surface area contributed by atoms with Gasteiger partial charge >= 0.3 is 0 Å². The SMILES string of the molecule is O=C(Nc1ccccc1)C1(c2cccc(F)c2)CCCC1. The van der Waals surface area contributed by atoms with Crippen LogP contribution in [0.3, 0.4) is 0 Å². The van der Waals surface area contributed by atoms with Crippen LogP contribution in [0, 0.1) is 5.82 Å². The van der Waals surface area contributed by atoms with Gasteiger partial charge in [-0.2, -0.15) is 0 Å². The number of carbonyl (C=O) groups is 1. The van der Waals surface area contributed by atoms with E-state index in [-0.39, 0.29) is 11.7 Å². The van der Waals surface area contributed by atoms with Crippen molar-refractivity contribution < 1.29 is 9.18 Å². The highest BCUT2D eigenvalue weighted by Crippen LogP contribution is 2.42. The molecule has 0 unspecified atom stereocenters. The Morgan fingerprint density at radius 2 is 1.71 bits per heavy atom. The highest BCUT2D eigenvalue weighted by molar-refractivity contribution is 5.99. The molecule has 2 aromatic rings. The Bertz CT molecular complexity index is 633. The summed E-state index contributed by atoms with van der Waals surface area (Å²) in [6, 6.07) is 15.9. The summed E-state index contributed by atoms with van der Waals surface area (Å²) < 4.78 is 13.5. The Balaban J connectivity index is 1.92. The van der Waals surface area contributed by atoms with Crippen molar-refractivity contribution in [1.29, 1.82) is 0 Å². The molecule has 2 nitrogen and oxygen atoms in total. The fraction of sp³-hybridized carbons (Fsp3) is 0.278. The van der Waals surface area contributed by atoms with Gasteiger partial charge in [0.2, 0.25) is 5.91 Å². The van der Waals surface area contributed by atoms with Gasteiger partial charge in [0.1, 0.15) is 5.82 Å². The summed E-state index contributed by atoms with van der Waals surface area (Å²) >= 11 is 0. The standard InChI is InChI=1S/C18H18FNO/c19-15-8-6-7-14(13-15)18(11-4-5-12-18)17(21)20-16-9-2-1-3-10-16/h1-3,6-10,13H,4-5,11-12H2,(H,20,21). The van der Waals surface area contributed by atoms with Crippen LogP contribution in [0.15, 0.2) is 54.6 Å². The molecule has 2 aromatic carbocycles. The van der Waals surface area contributed by atoms with E-state index in [0.717, 1.165) is 36.9 Å². The molecular formula is C18H18FNO. The number of para-hydroxylation sites is 1. The molecule has 0 spiro atoms. The van der Waals surface area contributed by atoms with Crippen LogP contribution in [0.2, 0.25) is 0 Å². The Morgan fingerprint density at radius 1 is 1.00 bits per heavy atom. The van der Waals surface area contributed by atoms with Crippen molar-refractivity contribution >= 4 is 11.6 Å². The van der Waals surface area contributed by atoms with Gasteiger partial charge < -0.3 is 5.32 Å². The minimum atomic E-state index is -0.599. The molecule has 0 radical (unpaired) electrons. The van der Waals surface area contributed by atoms with Gasteiger partial charge in [-0.25, -0.2) is 4.39 Å². The number of nitrogens with one attached hydrogen (secondary N) is 1. The lowest BCUT2D eigenvalue weighted by molar-refractivity contribution is -0.121. The van der Waals surface area contributed by atoms with Gasteiger partial charge in [0, 0.05) is 5.69 Å². The zero-order chi connectivity index (χ0) is 14.7. The quantitative estimate of drug-likeness (QED) is 0.895. The highest BCUT2D eigenvalue weighted by Gasteiger charge is 2.42. The van der Waals surface area contributed by atoms with E-state index in [0.29, 0.717) is 0 Å². The number of hydrogen-bond donors (Lipinski definition) is 1. The van der Waals surface area contributed by atoms with Crippen molar-refractivity contribution in [2.45, 2.75) is 31.1 Å². The molecule has 1 aliphatic carbocycles. The predicted molar refractivity (Wildman–Crippen MR) is 81.6 cm³/mol. The van der Waals surface area contributed by atoms with Crippen LogP contribution in [0.25, 0.3) is 0 Å². The second-order valence-electron chi connectivity index (χ2n) is 5.62. The second kappa shape index (κ2) is 5.68. The molecule has 0 aliphatic heterocycles. The summed E-state index contributed by atoms with van der Waals surface area (Å²) in [7, 11) is 0. The third-order valence-corrected chi connectivity index (χ3v) is 4.30. The van der Waals surface area contributed by atoms with Gasteiger partial charge in [-0.1, -0.05) is 43.2 Å². The summed E-state index contributed by atoms with van der Waals surface area (Å²) in [6.07, 6.45) is 3.54. The second-order valence-corrected chi connectivity index (χ2v) is 5.62. The van der Waals surface area contributed by atoms with Crippen molar-refractivity contribution in [3.63, 3.8) is 0 Å². The molecule has 3 heteroatoms. The molecule has 1 aliphatic rings. The van der Waals surface area contributed by atoms with Crippen LogP contribution in [-0.2, 0) is 10.2 Å². The van der Waals surface area contributed by atoms with Gasteiger partial charge in [0.25, 0.3) is 0 Å². The largest absolute Gasteiger partial charge is 0.325 e. The fourth-order valence-corrected chi connectivity index (χ4v) is 3.18. The summed E-state index contributed by atoms with van der Waals surface area (Å²) in [5.74, 6) is -0.317. The molecule has 0 saturated heterocycles. The lowest BCUT2D eigenvalue weighted by Gasteiger charge is -2.28. The molecule has 1 amide bonds. The van der Waals surface area contributed by atoms with Crippen LogP contribution >= 0.6 is 0 Å². The monoisotopic (exact) mass is 283 g/mol. The molecule has 0 atom stereocenters. The minimum absolute atomic E-state index is 0.0307. The number of halogens is 1. The molecule has 3 rings (SSSR count). The first-order valence-corrected chi connectivity index (χ1v) is 7.33. The number of benzene rings is 2. The van der Waals surface area contributed by atoms with Crippen molar-refractivity contribution in [3.05, 3.63) is 66.0 Å². The van der Waals surface area contributed by atoms with Crippen LogP contribution < -0.4 is 5.32 Å². The van der Waals surface area contributed by atoms with E-state index in [1.54, 1.807) is 6.07 Å². The van der Waals surface area contributed by atoms with Crippen LogP contribution in [-0.4, -0.2) is 5.91 Å². The Kier molecular flexibility index (Phi) is 3.74. The molecular weight excluding hydrogens is 265 g/mol. The van der Waals surface area contributed by atoms with Crippen molar-refractivity contribution in [1.82, 2.24) is 0 Å². The van der Waals surface area contributed by atoms with E-state index < -0.39 is 5.41 Å². The van der Waals surface area contributed by atoms with Gasteiger partial charge in [-0.3, -0.25) is 4.79 Å². The van der Waals surface area contributed by atoms with Gasteiger partial charge in [0.05, 0.1) is 5.41 Å². The van der Waals surface area contributed by atoms with E-state index >= 15 is 0 Å². The maximum absolute atomic E-state index is 13.5. The van der Waals surface area contributed by atoms with Crippen molar-refractivity contribution in [3.8, 4) is 0 Å². The van der Waals surface area contributed by atoms with Gasteiger partial charge in [-0.15, -0.1) is 0 Å². The smallest absolute Gasteiger partial charge is 0.235 e. The molecule has 0 aromatic heterocycles. The lowest BCUT2D eigenvalue weighted by atomic mass is 9.78. The Morgan fingerprint density at radius 3 is 2.38 bits per heavy atom. The number of hydrogen-bond acceptors (Lipinski definition) is 1. The normalized spacial score (nSPS) is 16.6. The first kappa shape index (κ1) is 13.8. The summed E-state index contributed by atoms with van der Waals surface area (Å²) in [5.41, 5.74) is 0.969. The molecule has 1 fully saturated rings. The van der Waals surface area contributed by atoms with Crippen LogP contribution in [0.5, 0.6) is 0 Å². The zero-order valence-corrected chi connectivity index (χ0v) is 11.8. The molecule has 0 bridgehead atoms. The number of amides is 1. The molecule has 1 saturated carbocycles. The summed E-state index contributed by atoms with van der Waals surface area (Å²) in [6.45, 7) is 0. The van der Waals surface area contributed by atoms with Crippen molar-refractivity contribution in [2.24, 2.45) is 0 Å². The molecule has 21 heavy (non-hydrogen) atoms. The summed E-state index contributed by atoms with van der Waals surface area (Å²) in [4.78, 5) is 12.8. The summed E-state index contributed by atoms with van der Waals surface area (Å²) in [5, 5.41) is 2.98. The van der Waals surface area contributed by atoms with Crippen molar-refractivity contribution in [2.75, 3.05) is 5.32 Å². The van der Waals surface area contributed by atoms with E-state index in [1.807, 2.05) is 36.4 Å². The third kappa shape index (κ3) is 2.68. The maximum Gasteiger partial charge on any atom is 0.235 e. The molecule has 0 heterocycles. The van der Waals surface area contributed by atoms with E-state index in [1.165, 1.54) is 12.1 Å². The lowest BCUT2D eigenvalue weighted by Crippen LogP contribution is -2.38. The Labute approximate surface area is 124 Å². The Hall–Kier alpha value is -2.16. The predicted octanol–water partition coefficient (Wildman–Crippen LogP) is 4.28. The average molecular weight is 283 g/mol. The first-order valence-electron chi connectivity index (χ1n) is 7.33.